The van der Waals surface area contributed by atoms with Crippen molar-refractivity contribution in [1.82, 2.24) is 9.62 Å². The molecule has 6 nitrogen and oxygen atoms in total. The molecular weight excluding hydrogens is 407 g/mol. The second-order valence-corrected chi connectivity index (χ2v) is 9.50. The quantitative estimate of drug-likeness (QED) is 0.726. The van der Waals surface area contributed by atoms with Crippen LogP contribution in [0.2, 0.25) is 0 Å². The van der Waals surface area contributed by atoms with Gasteiger partial charge in [0.2, 0.25) is 15.9 Å². The number of amides is 1. The van der Waals surface area contributed by atoms with Crippen molar-refractivity contribution in [2.45, 2.75) is 31.6 Å². The fourth-order valence-electron chi connectivity index (χ4n) is 3.71. The van der Waals surface area contributed by atoms with E-state index in [0.29, 0.717) is 37.2 Å². The van der Waals surface area contributed by atoms with Crippen LogP contribution in [0.5, 0.6) is 5.75 Å². The number of rotatable bonds is 7. The lowest BCUT2D eigenvalue weighted by Gasteiger charge is -2.31. The maximum absolute atomic E-state index is 13.0. The zero-order chi connectivity index (χ0) is 21.7. The van der Waals surface area contributed by atoms with Crippen LogP contribution in [0, 0.1) is 11.7 Å². The number of piperidine rings is 1. The minimum absolute atomic E-state index is 0.0796. The van der Waals surface area contributed by atoms with Gasteiger partial charge in [-0.1, -0.05) is 30.3 Å². The molecule has 0 saturated carbocycles. The molecule has 8 heteroatoms. The Hall–Kier alpha value is -2.45. The highest BCUT2D eigenvalue weighted by Gasteiger charge is 2.31. The van der Waals surface area contributed by atoms with Crippen LogP contribution < -0.4 is 10.1 Å². The van der Waals surface area contributed by atoms with Crippen molar-refractivity contribution < 1.29 is 22.3 Å². The van der Waals surface area contributed by atoms with E-state index in [4.69, 9.17) is 4.74 Å². The highest BCUT2D eigenvalue weighted by molar-refractivity contribution is 7.88. The van der Waals surface area contributed by atoms with Crippen LogP contribution in [0.15, 0.2) is 48.5 Å². The van der Waals surface area contributed by atoms with Gasteiger partial charge in [-0.2, -0.15) is 0 Å². The standard InChI is InChI=1S/C22H27FN2O4S/c1-16(20-5-3-4-6-21(20)29-2)24-22(26)18-11-13-25(14-12-18)30(27,28)15-17-7-9-19(23)10-8-17/h3-10,16,18H,11-15H2,1-2H3,(H,24,26)/t16-/m1/s1. The largest absolute Gasteiger partial charge is 0.496 e. The molecule has 1 saturated heterocycles. The summed E-state index contributed by atoms with van der Waals surface area (Å²) in [4.78, 5) is 12.7. The third-order valence-corrected chi connectivity index (χ3v) is 7.29. The molecule has 0 spiro atoms. The number of ether oxygens (including phenoxy) is 1. The fraction of sp³-hybridized carbons (Fsp3) is 0.409. The Bertz CT molecular complexity index is 971. The van der Waals surface area contributed by atoms with Gasteiger partial charge in [0, 0.05) is 24.6 Å². The molecule has 0 aliphatic carbocycles. The van der Waals surface area contributed by atoms with E-state index in [0.717, 1.165) is 5.56 Å². The summed E-state index contributed by atoms with van der Waals surface area (Å²) >= 11 is 0. The van der Waals surface area contributed by atoms with E-state index in [9.17, 15) is 17.6 Å². The van der Waals surface area contributed by atoms with Gasteiger partial charge in [-0.05, 0) is 43.5 Å². The molecule has 162 valence electrons. The smallest absolute Gasteiger partial charge is 0.223 e. The zero-order valence-electron chi connectivity index (χ0n) is 17.2. The summed E-state index contributed by atoms with van der Waals surface area (Å²) in [5.41, 5.74) is 1.44. The summed E-state index contributed by atoms with van der Waals surface area (Å²) in [5.74, 6) is -0.171. The molecule has 1 fully saturated rings. The maximum atomic E-state index is 13.0. The minimum Gasteiger partial charge on any atom is -0.496 e. The monoisotopic (exact) mass is 434 g/mol. The van der Waals surface area contributed by atoms with Crippen LogP contribution in [0.4, 0.5) is 4.39 Å². The Morgan fingerprint density at radius 1 is 1.17 bits per heavy atom. The molecule has 0 bridgehead atoms. The predicted molar refractivity (Wildman–Crippen MR) is 113 cm³/mol. The third-order valence-electron chi connectivity index (χ3n) is 5.44. The first kappa shape index (κ1) is 22.2. The van der Waals surface area contributed by atoms with Gasteiger partial charge < -0.3 is 10.1 Å². The van der Waals surface area contributed by atoms with Crippen LogP contribution in [-0.2, 0) is 20.6 Å². The Morgan fingerprint density at radius 3 is 2.43 bits per heavy atom. The van der Waals surface area contributed by atoms with Crippen molar-refractivity contribution in [3.05, 3.63) is 65.5 Å². The molecule has 0 aromatic heterocycles. The number of carbonyl (C=O) groups excluding carboxylic acids is 1. The fourth-order valence-corrected chi connectivity index (χ4v) is 5.28. The number of hydrogen-bond donors (Lipinski definition) is 1. The highest BCUT2D eigenvalue weighted by atomic mass is 32.2. The molecule has 1 amide bonds. The van der Waals surface area contributed by atoms with Gasteiger partial charge in [0.05, 0.1) is 18.9 Å². The molecular formula is C22H27FN2O4S. The summed E-state index contributed by atoms with van der Waals surface area (Å²) in [5, 5.41) is 3.02. The van der Waals surface area contributed by atoms with Gasteiger partial charge in [0.1, 0.15) is 11.6 Å². The molecule has 2 aromatic rings. The molecule has 0 radical (unpaired) electrons. The first-order chi connectivity index (χ1) is 14.3. The lowest BCUT2D eigenvalue weighted by atomic mass is 9.96. The molecule has 0 unspecified atom stereocenters. The van der Waals surface area contributed by atoms with Crippen molar-refractivity contribution in [3.8, 4) is 5.75 Å². The molecule has 1 atom stereocenters. The van der Waals surface area contributed by atoms with Gasteiger partial charge in [-0.25, -0.2) is 17.1 Å². The zero-order valence-corrected chi connectivity index (χ0v) is 18.0. The van der Waals surface area contributed by atoms with E-state index in [1.165, 1.54) is 28.6 Å². The van der Waals surface area contributed by atoms with Crippen molar-refractivity contribution in [2.75, 3.05) is 20.2 Å². The maximum Gasteiger partial charge on any atom is 0.223 e. The molecule has 3 rings (SSSR count). The van der Waals surface area contributed by atoms with E-state index >= 15 is 0 Å². The third kappa shape index (κ3) is 5.37. The van der Waals surface area contributed by atoms with Gasteiger partial charge in [-0.15, -0.1) is 0 Å². The van der Waals surface area contributed by atoms with Crippen LogP contribution in [0.1, 0.15) is 36.9 Å². The van der Waals surface area contributed by atoms with Crippen molar-refractivity contribution in [3.63, 3.8) is 0 Å². The number of para-hydroxylation sites is 1. The minimum atomic E-state index is -3.51. The van der Waals surface area contributed by atoms with E-state index in [2.05, 4.69) is 5.32 Å². The second kappa shape index (κ2) is 9.57. The number of methoxy groups -OCH3 is 1. The van der Waals surface area contributed by atoms with Crippen LogP contribution in [0.3, 0.4) is 0 Å². The number of halogens is 1. The van der Waals surface area contributed by atoms with Gasteiger partial charge in [-0.3, -0.25) is 4.79 Å². The Kier molecular flexibility index (Phi) is 7.10. The summed E-state index contributed by atoms with van der Waals surface area (Å²) in [6.07, 6.45) is 0.931. The van der Waals surface area contributed by atoms with Gasteiger partial charge in [0.15, 0.2) is 0 Å². The van der Waals surface area contributed by atoms with Crippen molar-refractivity contribution >= 4 is 15.9 Å². The predicted octanol–water partition coefficient (Wildman–Crippen LogP) is 3.25. The highest BCUT2D eigenvalue weighted by Crippen LogP contribution is 2.26. The summed E-state index contributed by atoms with van der Waals surface area (Å²) in [6, 6.07) is 12.8. The topological polar surface area (TPSA) is 75.7 Å². The van der Waals surface area contributed by atoms with Crippen LogP contribution in [-0.4, -0.2) is 38.8 Å². The molecule has 1 aliphatic heterocycles. The molecule has 2 aromatic carbocycles. The van der Waals surface area contributed by atoms with E-state index in [1.807, 2.05) is 31.2 Å². The number of nitrogens with zero attached hydrogens (tertiary/aromatic N) is 1. The average molecular weight is 435 g/mol. The summed E-state index contributed by atoms with van der Waals surface area (Å²) < 4.78 is 45.1. The summed E-state index contributed by atoms with van der Waals surface area (Å²) in [7, 11) is -1.92. The molecule has 1 N–H and O–H groups in total. The van der Waals surface area contributed by atoms with Crippen molar-refractivity contribution in [1.29, 1.82) is 0 Å². The number of hydrogen-bond acceptors (Lipinski definition) is 4. The average Bonchev–Trinajstić information content (AvgIpc) is 2.75. The van der Waals surface area contributed by atoms with Crippen molar-refractivity contribution in [2.24, 2.45) is 5.92 Å². The molecule has 1 aliphatic rings. The van der Waals surface area contributed by atoms with Crippen LogP contribution in [0.25, 0.3) is 0 Å². The lowest BCUT2D eigenvalue weighted by molar-refractivity contribution is -0.126. The van der Waals surface area contributed by atoms with Gasteiger partial charge in [0.25, 0.3) is 0 Å². The van der Waals surface area contributed by atoms with E-state index in [1.54, 1.807) is 7.11 Å². The first-order valence-corrected chi connectivity index (χ1v) is 11.6. The summed E-state index contributed by atoms with van der Waals surface area (Å²) in [6.45, 7) is 2.49. The second-order valence-electron chi connectivity index (χ2n) is 7.53. The van der Waals surface area contributed by atoms with E-state index < -0.39 is 15.8 Å². The number of carbonyl (C=O) groups is 1. The molecule has 30 heavy (non-hydrogen) atoms. The number of nitrogens with one attached hydrogen (secondary N) is 1. The normalized spacial score (nSPS) is 16.8. The van der Waals surface area contributed by atoms with Gasteiger partial charge >= 0.3 is 0 Å². The first-order valence-electron chi connectivity index (χ1n) is 9.95. The number of benzene rings is 2. The Balaban J connectivity index is 1.55. The molecule has 1 heterocycles. The van der Waals surface area contributed by atoms with Crippen LogP contribution >= 0.6 is 0 Å². The number of sulfonamides is 1. The van der Waals surface area contributed by atoms with E-state index in [-0.39, 0.29) is 23.6 Å². The Labute approximate surface area is 177 Å². The lowest BCUT2D eigenvalue weighted by Crippen LogP contribution is -2.43. The Morgan fingerprint density at radius 2 is 1.80 bits per heavy atom. The SMILES string of the molecule is COc1ccccc1[C@@H](C)NC(=O)C1CCN(S(=O)(=O)Cc2ccc(F)cc2)CC1.